The van der Waals surface area contributed by atoms with Crippen LogP contribution in [0.3, 0.4) is 0 Å². The van der Waals surface area contributed by atoms with Gasteiger partial charge < -0.3 is 9.64 Å². The molecule has 0 bridgehead atoms. The lowest BCUT2D eigenvalue weighted by atomic mass is 10.0. The van der Waals surface area contributed by atoms with Crippen molar-refractivity contribution in [2.24, 2.45) is 0 Å². The number of rotatable bonds is 2. The highest BCUT2D eigenvalue weighted by Crippen LogP contribution is 2.31. The molecule has 1 saturated heterocycles. The van der Waals surface area contributed by atoms with Gasteiger partial charge in [-0.05, 0) is 29.8 Å². The van der Waals surface area contributed by atoms with E-state index in [0.717, 1.165) is 54.3 Å². The van der Waals surface area contributed by atoms with Crippen molar-refractivity contribution in [2.45, 2.75) is 0 Å². The zero-order chi connectivity index (χ0) is 16.5. The van der Waals surface area contributed by atoms with Crippen LogP contribution in [0.25, 0.3) is 22.2 Å². The Morgan fingerprint density at radius 2 is 1.79 bits per heavy atom. The number of anilines is 1. The van der Waals surface area contributed by atoms with Crippen molar-refractivity contribution < 1.29 is 4.74 Å². The minimum atomic E-state index is 0.624. The van der Waals surface area contributed by atoms with Gasteiger partial charge in [-0.25, -0.2) is 4.98 Å². The van der Waals surface area contributed by atoms with Crippen LogP contribution in [0.4, 0.5) is 5.82 Å². The minimum absolute atomic E-state index is 0.624. The van der Waals surface area contributed by atoms with Crippen molar-refractivity contribution in [3.63, 3.8) is 0 Å². The number of ether oxygens (including phenoxy) is 1. The lowest BCUT2D eigenvalue weighted by molar-refractivity contribution is 0.122. The standard InChI is InChI=1S/C18H15Cl2N3O/c19-13-2-3-14(15(20)10-13)12-1-4-16-17(9-12)22-18(11-21-16)23-5-7-24-8-6-23/h1-4,9-11H,5-8H2. The summed E-state index contributed by atoms with van der Waals surface area (Å²) in [5, 5.41) is 1.25. The first-order chi connectivity index (χ1) is 11.7. The van der Waals surface area contributed by atoms with Crippen LogP contribution in [-0.2, 0) is 4.74 Å². The number of morpholine rings is 1. The summed E-state index contributed by atoms with van der Waals surface area (Å²) in [5.74, 6) is 0.880. The lowest BCUT2D eigenvalue weighted by Gasteiger charge is -2.27. The molecule has 0 spiro atoms. The molecule has 0 N–H and O–H groups in total. The molecule has 0 saturated carbocycles. The number of benzene rings is 2. The second-order valence-electron chi connectivity index (χ2n) is 5.66. The Hall–Kier alpha value is -1.88. The molecule has 3 aromatic rings. The quantitative estimate of drug-likeness (QED) is 0.677. The van der Waals surface area contributed by atoms with Gasteiger partial charge in [0.15, 0.2) is 0 Å². The molecule has 0 unspecified atom stereocenters. The Kier molecular flexibility index (Phi) is 4.27. The van der Waals surface area contributed by atoms with E-state index in [9.17, 15) is 0 Å². The van der Waals surface area contributed by atoms with Gasteiger partial charge in [-0.1, -0.05) is 35.3 Å². The molecule has 1 aromatic heterocycles. The molecule has 0 atom stereocenters. The Labute approximate surface area is 150 Å². The maximum Gasteiger partial charge on any atom is 0.148 e. The fraction of sp³-hybridized carbons (Fsp3) is 0.222. The van der Waals surface area contributed by atoms with Gasteiger partial charge in [0.05, 0.1) is 30.4 Å². The molecule has 4 nitrogen and oxygen atoms in total. The topological polar surface area (TPSA) is 38.2 Å². The van der Waals surface area contributed by atoms with E-state index in [4.69, 9.17) is 32.9 Å². The highest BCUT2D eigenvalue weighted by atomic mass is 35.5. The molecule has 6 heteroatoms. The number of halogens is 2. The average Bonchev–Trinajstić information content (AvgIpc) is 2.61. The maximum atomic E-state index is 6.33. The minimum Gasteiger partial charge on any atom is -0.378 e. The Balaban J connectivity index is 1.75. The van der Waals surface area contributed by atoms with E-state index in [2.05, 4.69) is 9.88 Å². The normalized spacial score (nSPS) is 15.0. The van der Waals surface area contributed by atoms with Gasteiger partial charge in [0, 0.05) is 28.7 Å². The highest BCUT2D eigenvalue weighted by molar-refractivity contribution is 6.36. The van der Waals surface area contributed by atoms with Crippen LogP contribution < -0.4 is 4.90 Å². The van der Waals surface area contributed by atoms with Crippen LogP contribution in [0.5, 0.6) is 0 Å². The third-order valence-corrected chi connectivity index (χ3v) is 4.65. The predicted octanol–water partition coefficient (Wildman–Crippen LogP) is 4.44. The van der Waals surface area contributed by atoms with Crippen LogP contribution in [0.2, 0.25) is 10.0 Å². The average molecular weight is 360 g/mol. The summed E-state index contributed by atoms with van der Waals surface area (Å²) < 4.78 is 5.39. The van der Waals surface area contributed by atoms with E-state index in [1.807, 2.05) is 36.5 Å². The fourth-order valence-corrected chi connectivity index (χ4v) is 3.36. The fourth-order valence-electron chi connectivity index (χ4n) is 2.84. The molecule has 24 heavy (non-hydrogen) atoms. The number of aromatic nitrogens is 2. The SMILES string of the molecule is Clc1ccc(-c2ccc3ncc(N4CCOCC4)nc3c2)c(Cl)c1. The van der Waals surface area contributed by atoms with Crippen LogP contribution in [0, 0.1) is 0 Å². The van der Waals surface area contributed by atoms with Crippen LogP contribution in [0.1, 0.15) is 0 Å². The lowest BCUT2D eigenvalue weighted by Crippen LogP contribution is -2.36. The molecule has 0 radical (unpaired) electrons. The van der Waals surface area contributed by atoms with Gasteiger partial charge in [-0.3, -0.25) is 4.98 Å². The van der Waals surface area contributed by atoms with Gasteiger partial charge in [0.2, 0.25) is 0 Å². The van der Waals surface area contributed by atoms with Crippen molar-refractivity contribution in [1.29, 1.82) is 0 Å². The largest absolute Gasteiger partial charge is 0.378 e. The molecular weight excluding hydrogens is 345 g/mol. The second-order valence-corrected chi connectivity index (χ2v) is 6.50. The molecule has 0 aliphatic carbocycles. The van der Waals surface area contributed by atoms with Crippen molar-refractivity contribution in [2.75, 3.05) is 31.2 Å². The summed E-state index contributed by atoms with van der Waals surface area (Å²) in [6, 6.07) is 11.5. The van der Waals surface area contributed by atoms with E-state index >= 15 is 0 Å². The van der Waals surface area contributed by atoms with Gasteiger partial charge in [0.1, 0.15) is 5.82 Å². The molecule has 2 aromatic carbocycles. The van der Waals surface area contributed by atoms with Crippen molar-refractivity contribution in [1.82, 2.24) is 9.97 Å². The Morgan fingerprint density at radius 3 is 2.58 bits per heavy atom. The van der Waals surface area contributed by atoms with E-state index < -0.39 is 0 Å². The zero-order valence-electron chi connectivity index (χ0n) is 12.9. The molecule has 122 valence electrons. The summed E-state index contributed by atoms with van der Waals surface area (Å²) in [7, 11) is 0. The molecule has 2 heterocycles. The van der Waals surface area contributed by atoms with Gasteiger partial charge in [-0.15, -0.1) is 0 Å². The third-order valence-electron chi connectivity index (χ3n) is 4.11. The number of fused-ring (bicyclic) bond motifs is 1. The van der Waals surface area contributed by atoms with Gasteiger partial charge in [0.25, 0.3) is 0 Å². The van der Waals surface area contributed by atoms with Gasteiger partial charge >= 0.3 is 0 Å². The zero-order valence-corrected chi connectivity index (χ0v) is 14.4. The molecule has 1 aliphatic heterocycles. The first-order valence-corrected chi connectivity index (χ1v) is 8.51. The summed E-state index contributed by atoms with van der Waals surface area (Å²) in [6.07, 6.45) is 1.82. The second kappa shape index (κ2) is 6.55. The number of hydrogen-bond acceptors (Lipinski definition) is 4. The first kappa shape index (κ1) is 15.6. The maximum absolute atomic E-state index is 6.33. The summed E-state index contributed by atoms with van der Waals surface area (Å²) in [4.78, 5) is 11.5. The number of hydrogen-bond donors (Lipinski definition) is 0. The smallest absolute Gasteiger partial charge is 0.148 e. The van der Waals surface area contributed by atoms with E-state index in [1.165, 1.54) is 0 Å². The monoisotopic (exact) mass is 359 g/mol. The predicted molar refractivity (Wildman–Crippen MR) is 98.0 cm³/mol. The molecule has 4 rings (SSSR count). The van der Waals surface area contributed by atoms with E-state index in [0.29, 0.717) is 10.0 Å². The first-order valence-electron chi connectivity index (χ1n) is 7.76. The van der Waals surface area contributed by atoms with Gasteiger partial charge in [-0.2, -0.15) is 0 Å². The highest BCUT2D eigenvalue weighted by Gasteiger charge is 2.14. The van der Waals surface area contributed by atoms with E-state index in [-0.39, 0.29) is 0 Å². The summed E-state index contributed by atoms with van der Waals surface area (Å²) in [6.45, 7) is 3.12. The van der Waals surface area contributed by atoms with Crippen LogP contribution in [0.15, 0.2) is 42.6 Å². The summed E-state index contributed by atoms with van der Waals surface area (Å²) >= 11 is 12.3. The third kappa shape index (κ3) is 3.05. The van der Waals surface area contributed by atoms with Crippen molar-refractivity contribution in [3.05, 3.63) is 52.6 Å². The molecule has 0 amide bonds. The Bertz CT molecular complexity index is 895. The van der Waals surface area contributed by atoms with Crippen LogP contribution >= 0.6 is 23.2 Å². The molecule has 1 fully saturated rings. The van der Waals surface area contributed by atoms with Crippen molar-refractivity contribution in [3.8, 4) is 11.1 Å². The number of nitrogens with zero attached hydrogens (tertiary/aromatic N) is 3. The van der Waals surface area contributed by atoms with Crippen molar-refractivity contribution >= 4 is 40.1 Å². The van der Waals surface area contributed by atoms with E-state index in [1.54, 1.807) is 6.07 Å². The molecule has 1 aliphatic rings. The summed E-state index contributed by atoms with van der Waals surface area (Å²) in [5.41, 5.74) is 3.64. The molecular formula is C18H15Cl2N3O. The Morgan fingerprint density at radius 1 is 0.958 bits per heavy atom. The van der Waals surface area contributed by atoms with Crippen LogP contribution in [-0.4, -0.2) is 36.3 Å².